The molecule has 0 aliphatic carbocycles. The molecule has 1 aromatic carbocycles. The van der Waals surface area contributed by atoms with Crippen molar-refractivity contribution in [2.24, 2.45) is 4.99 Å². The van der Waals surface area contributed by atoms with Crippen LogP contribution in [-0.2, 0) is 11.3 Å². The zero-order valence-electron chi connectivity index (χ0n) is 16.9. The van der Waals surface area contributed by atoms with Gasteiger partial charge in [0.1, 0.15) is 18.8 Å². The summed E-state index contributed by atoms with van der Waals surface area (Å²) in [6.45, 7) is 8.21. The van der Waals surface area contributed by atoms with Crippen molar-refractivity contribution in [1.82, 2.24) is 16.0 Å². The first-order valence-electron chi connectivity index (χ1n) is 9.28. The molecule has 3 N–H and O–H groups in total. The van der Waals surface area contributed by atoms with Crippen LogP contribution in [0.2, 0.25) is 5.02 Å². The fraction of sp³-hybridized carbons (Fsp3) is 0.579. The van der Waals surface area contributed by atoms with Crippen molar-refractivity contribution in [3.8, 4) is 11.5 Å². The molecule has 1 heterocycles. The Kier molecular flexibility index (Phi) is 8.04. The van der Waals surface area contributed by atoms with Gasteiger partial charge in [-0.1, -0.05) is 11.6 Å². The lowest BCUT2D eigenvalue weighted by atomic mass is 10.2. The number of amides is 1. The Morgan fingerprint density at radius 3 is 2.61 bits per heavy atom. The van der Waals surface area contributed by atoms with E-state index in [1.807, 2.05) is 32.9 Å². The minimum Gasteiger partial charge on any atom is -0.486 e. The van der Waals surface area contributed by atoms with E-state index in [0.717, 1.165) is 12.0 Å². The highest BCUT2D eigenvalue weighted by atomic mass is 35.5. The molecule has 1 aliphatic heterocycles. The van der Waals surface area contributed by atoms with Gasteiger partial charge in [0.25, 0.3) is 0 Å². The average Bonchev–Trinajstić information content (AvgIpc) is 2.62. The van der Waals surface area contributed by atoms with E-state index >= 15 is 0 Å². The molecule has 0 atom stereocenters. The third-order valence-electron chi connectivity index (χ3n) is 3.65. The molecule has 2 rings (SSSR count). The van der Waals surface area contributed by atoms with Gasteiger partial charge in [0.05, 0.1) is 5.02 Å². The number of hydrogen-bond acceptors (Lipinski definition) is 5. The summed E-state index contributed by atoms with van der Waals surface area (Å²) in [5.41, 5.74) is 0.467. The number of guanidine groups is 1. The number of carbonyl (C=O) groups excluding carboxylic acids is 1. The molecule has 0 saturated heterocycles. The van der Waals surface area contributed by atoms with Crippen molar-refractivity contribution >= 4 is 23.7 Å². The molecule has 0 fully saturated rings. The van der Waals surface area contributed by atoms with Crippen LogP contribution >= 0.6 is 11.6 Å². The molecule has 1 amide bonds. The van der Waals surface area contributed by atoms with Crippen LogP contribution in [0.25, 0.3) is 0 Å². The molecular weight excluding hydrogens is 384 g/mol. The molecular formula is C19H29ClN4O4. The molecule has 8 nitrogen and oxygen atoms in total. The summed E-state index contributed by atoms with van der Waals surface area (Å²) in [4.78, 5) is 15.8. The second-order valence-electron chi connectivity index (χ2n) is 7.24. The second-order valence-corrected chi connectivity index (χ2v) is 7.64. The Morgan fingerprint density at radius 2 is 1.89 bits per heavy atom. The molecule has 28 heavy (non-hydrogen) atoms. The van der Waals surface area contributed by atoms with Crippen LogP contribution in [0, 0.1) is 0 Å². The maximum atomic E-state index is 11.6. The van der Waals surface area contributed by atoms with E-state index in [2.05, 4.69) is 20.9 Å². The first-order valence-corrected chi connectivity index (χ1v) is 9.65. The van der Waals surface area contributed by atoms with E-state index in [1.54, 1.807) is 7.05 Å². The molecule has 0 aromatic heterocycles. The molecule has 156 valence electrons. The number of fused-ring (bicyclic) bond motifs is 1. The minimum absolute atomic E-state index is 0.412. The number of nitrogens with one attached hydrogen (secondary N) is 3. The van der Waals surface area contributed by atoms with Gasteiger partial charge in [0.15, 0.2) is 17.5 Å². The third-order valence-corrected chi connectivity index (χ3v) is 3.94. The predicted octanol–water partition coefficient (Wildman–Crippen LogP) is 2.69. The number of alkyl carbamates (subject to hydrolysis) is 1. The van der Waals surface area contributed by atoms with Crippen molar-refractivity contribution < 1.29 is 19.0 Å². The molecule has 0 spiro atoms. The van der Waals surface area contributed by atoms with Crippen molar-refractivity contribution in [1.29, 1.82) is 0 Å². The van der Waals surface area contributed by atoms with Gasteiger partial charge in [-0.15, -0.1) is 0 Å². The largest absolute Gasteiger partial charge is 0.486 e. The van der Waals surface area contributed by atoms with Crippen LogP contribution in [0.5, 0.6) is 11.5 Å². The highest BCUT2D eigenvalue weighted by Crippen LogP contribution is 2.38. The SMILES string of the molecule is CN=C(NCCCNC(=O)OC(C)(C)C)NCc1cc(Cl)c2c(c1)OCCO2. The number of rotatable bonds is 6. The molecule has 9 heteroatoms. The number of ether oxygens (including phenoxy) is 3. The Hall–Kier alpha value is -2.35. The Balaban J connectivity index is 1.71. The van der Waals surface area contributed by atoms with E-state index in [4.69, 9.17) is 25.8 Å². The Bertz CT molecular complexity index is 704. The first kappa shape index (κ1) is 21.9. The lowest BCUT2D eigenvalue weighted by Crippen LogP contribution is -2.39. The van der Waals surface area contributed by atoms with Crippen LogP contribution in [0.1, 0.15) is 32.8 Å². The van der Waals surface area contributed by atoms with E-state index < -0.39 is 11.7 Å². The van der Waals surface area contributed by atoms with E-state index in [-0.39, 0.29) is 0 Å². The maximum absolute atomic E-state index is 11.6. The lowest BCUT2D eigenvalue weighted by molar-refractivity contribution is 0.0527. The minimum atomic E-state index is -0.495. The molecule has 1 aliphatic rings. The van der Waals surface area contributed by atoms with Gasteiger partial charge in [-0.05, 0) is 44.9 Å². The van der Waals surface area contributed by atoms with Crippen LogP contribution in [-0.4, -0.2) is 51.0 Å². The monoisotopic (exact) mass is 412 g/mol. The lowest BCUT2D eigenvalue weighted by Gasteiger charge is -2.20. The standard InChI is InChI=1S/C19H29ClN4O4/c1-19(2,3)28-18(25)23-7-5-6-22-17(21-4)24-12-13-10-14(20)16-15(11-13)26-8-9-27-16/h10-11H,5-9,12H2,1-4H3,(H,23,25)(H2,21,22,24). The number of nitrogens with zero attached hydrogens (tertiary/aromatic N) is 1. The summed E-state index contributed by atoms with van der Waals surface area (Å²) >= 11 is 6.26. The van der Waals surface area contributed by atoms with Gasteiger partial charge < -0.3 is 30.2 Å². The maximum Gasteiger partial charge on any atom is 0.407 e. The van der Waals surface area contributed by atoms with Gasteiger partial charge in [0.2, 0.25) is 0 Å². The van der Waals surface area contributed by atoms with Crippen LogP contribution in [0.4, 0.5) is 4.79 Å². The van der Waals surface area contributed by atoms with E-state index in [1.165, 1.54) is 0 Å². The highest BCUT2D eigenvalue weighted by Gasteiger charge is 2.17. The smallest absolute Gasteiger partial charge is 0.407 e. The Morgan fingerprint density at radius 1 is 1.18 bits per heavy atom. The van der Waals surface area contributed by atoms with Crippen LogP contribution < -0.4 is 25.4 Å². The first-order chi connectivity index (χ1) is 13.3. The Labute approximate surface area is 171 Å². The van der Waals surface area contributed by atoms with Gasteiger partial charge in [0, 0.05) is 26.7 Å². The predicted molar refractivity (Wildman–Crippen MR) is 109 cm³/mol. The van der Waals surface area contributed by atoms with Gasteiger partial charge in [-0.25, -0.2) is 4.79 Å². The number of aliphatic imine (C=N–C) groups is 1. The molecule has 0 saturated carbocycles. The number of benzene rings is 1. The molecule has 1 aromatic rings. The number of hydrogen-bond donors (Lipinski definition) is 3. The van der Waals surface area contributed by atoms with Crippen molar-refractivity contribution in [2.75, 3.05) is 33.4 Å². The van der Waals surface area contributed by atoms with Crippen molar-refractivity contribution in [3.63, 3.8) is 0 Å². The van der Waals surface area contributed by atoms with Crippen LogP contribution in [0.15, 0.2) is 17.1 Å². The summed E-state index contributed by atoms with van der Waals surface area (Å²) in [7, 11) is 1.70. The van der Waals surface area contributed by atoms with Crippen molar-refractivity contribution in [2.45, 2.75) is 39.3 Å². The molecule has 0 radical (unpaired) electrons. The fourth-order valence-corrected chi connectivity index (χ4v) is 2.76. The van der Waals surface area contributed by atoms with Crippen LogP contribution in [0.3, 0.4) is 0 Å². The summed E-state index contributed by atoms with van der Waals surface area (Å²) in [6, 6.07) is 3.76. The average molecular weight is 413 g/mol. The summed E-state index contributed by atoms with van der Waals surface area (Å²) in [5.74, 6) is 1.91. The summed E-state index contributed by atoms with van der Waals surface area (Å²) < 4.78 is 16.3. The van der Waals surface area contributed by atoms with Gasteiger partial charge in [-0.3, -0.25) is 4.99 Å². The topological polar surface area (TPSA) is 93.2 Å². The van der Waals surface area contributed by atoms with Gasteiger partial charge >= 0.3 is 6.09 Å². The number of halogens is 1. The molecule has 0 bridgehead atoms. The summed E-state index contributed by atoms with van der Waals surface area (Å²) in [6.07, 6.45) is 0.320. The normalized spacial score (nSPS) is 13.7. The third kappa shape index (κ3) is 7.34. The zero-order valence-corrected chi connectivity index (χ0v) is 17.6. The van der Waals surface area contributed by atoms with Gasteiger partial charge in [-0.2, -0.15) is 0 Å². The highest BCUT2D eigenvalue weighted by molar-refractivity contribution is 6.32. The van der Waals surface area contributed by atoms with E-state index in [0.29, 0.717) is 55.3 Å². The van der Waals surface area contributed by atoms with E-state index in [9.17, 15) is 4.79 Å². The quantitative estimate of drug-likeness (QED) is 0.378. The fourth-order valence-electron chi connectivity index (χ4n) is 2.47. The summed E-state index contributed by atoms with van der Waals surface area (Å²) in [5, 5.41) is 9.67. The number of carbonyl (C=O) groups is 1. The zero-order chi connectivity index (χ0) is 20.6. The van der Waals surface area contributed by atoms with Crippen molar-refractivity contribution in [3.05, 3.63) is 22.7 Å². The second kappa shape index (κ2) is 10.3. The molecule has 0 unspecified atom stereocenters.